The predicted molar refractivity (Wildman–Crippen MR) is 109 cm³/mol. The molecule has 0 fully saturated rings. The standard InChI is InChI=1S/C21H22N4OS/c1-21(2,3)16-9-7-15(8-10-16)19-22-23-20-25(19)24-18(27-20)13-14-5-11-17(26-4)12-6-14/h5-12H,13H2,1-4H3. The number of fused-ring (bicyclic) bond motifs is 1. The van der Waals surface area contributed by atoms with Gasteiger partial charge in [-0.25, -0.2) is 0 Å². The summed E-state index contributed by atoms with van der Waals surface area (Å²) in [6.07, 6.45) is 0.764. The van der Waals surface area contributed by atoms with E-state index in [0.29, 0.717) is 0 Å². The van der Waals surface area contributed by atoms with Crippen LogP contribution in [0.5, 0.6) is 5.75 Å². The molecule has 5 nitrogen and oxygen atoms in total. The van der Waals surface area contributed by atoms with Gasteiger partial charge in [0.25, 0.3) is 0 Å². The molecule has 0 radical (unpaired) electrons. The van der Waals surface area contributed by atoms with Crippen molar-refractivity contribution in [2.24, 2.45) is 0 Å². The summed E-state index contributed by atoms with van der Waals surface area (Å²) in [6, 6.07) is 16.6. The molecule has 0 bridgehead atoms. The Morgan fingerprint density at radius 2 is 1.67 bits per heavy atom. The minimum absolute atomic E-state index is 0.130. The third-order valence-corrected chi connectivity index (χ3v) is 5.46. The Morgan fingerprint density at radius 1 is 0.963 bits per heavy atom. The Morgan fingerprint density at radius 3 is 2.30 bits per heavy atom. The molecule has 0 aliphatic heterocycles. The van der Waals surface area contributed by atoms with Crippen molar-refractivity contribution in [1.29, 1.82) is 0 Å². The van der Waals surface area contributed by atoms with Gasteiger partial charge in [0.05, 0.1) is 7.11 Å². The highest BCUT2D eigenvalue weighted by Crippen LogP contribution is 2.27. The van der Waals surface area contributed by atoms with Crippen molar-refractivity contribution in [2.75, 3.05) is 7.11 Å². The molecular weight excluding hydrogens is 356 g/mol. The number of hydrogen-bond donors (Lipinski definition) is 0. The maximum Gasteiger partial charge on any atom is 0.234 e. The number of benzene rings is 2. The lowest BCUT2D eigenvalue weighted by molar-refractivity contribution is 0.414. The Labute approximate surface area is 162 Å². The second-order valence-corrected chi connectivity index (χ2v) is 8.61. The summed E-state index contributed by atoms with van der Waals surface area (Å²) in [4.78, 5) is 0.813. The average Bonchev–Trinajstić information content (AvgIpc) is 3.22. The zero-order valence-corrected chi connectivity index (χ0v) is 16.7. The van der Waals surface area contributed by atoms with Crippen LogP contribution in [0, 0.1) is 0 Å². The van der Waals surface area contributed by atoms with E-state index < -0.39 is 0 Å². The second kappa shape index (κ2) is 6.78. The first-order valence-corrected chi connectivity index (χ1v) is 9.70. The van der Waals surface area contributed by atoms with E-state index >= 15 is 0 Å². The first-order chi connectivity index (χ1) is 12.9. The summed E-state index contributed by atoms with van der Waals surface area (Å²) in [5.74, 6) is 1.64. The SMILES string of the molecule is COc1ccc(Cc2nn3c(-c4ccc(C(C)(C)C)cc4)nnc3s2)cc1. The zero-order chi connectivity index (χ0) is 19.0. The number of methoxy groups -OCH3 is 1. The summed E-state index contributed by atoms with van der Waals surface area (Å²) in [7, 11) is 1.67. The highest BCUT2D eigenvalue weighted by Gasteiger charge is 2.16. The number of rotatable bonds is 4. The largest absolute Gasteiger partial charge is 0.497 e. The van der Waals surface area contributed by atoms with Crippen LogP contribution in [0.1, 0.15) is 36.9 Å². The number of hydrogen-bond acceptors (Lipinski definition) is 5. The Balaban J connectivity index is 1.62. The van der Waals surface area contributed by atoms with Crippen molar-refractivity contribution in [1.82, 2.24) is 19.8 Å². The first-order valence-electron chi connectivity index (χ1n) is 8.89. The van der Waals surface area contributed by atoms with E-state index in [1.54, 1.807) is 18.4 Å². The average molecular weight is 379 g/mol. The number of aromatic nitrogens is 4. The molecule has 0 saturated carbocycles. The molecule has 0 atom stereocenters. The van der Waals surface area contributed by atoms with E-state index in [4.69, 9.17) is 9.84 Å². The van der Waals surface area contributed by atoms with Crippen LogP contribution in [0.15, 0.2) is 48.5 Å². The fraction of sp³-hybridized carbons (Fsp3) is 0.286. The van der Waals surface area contributed by atoms with E-state index in [9.17, 15) is 0 Å². The van der Waals surface area contributed by atoms with Crippen LogP contribution in [0.25, 0.3) is 16.3 Å². The summed E-state index contributed by atoms with van der Waals surface area (Å²) >= 11 is 1.57. The van der Waals surface area contributed by atoms with Crippen LogP contribution in [0.3, 0.4) is 0 Å². The van der Waals surface area contributed by atoms with Crippen LogP contribution >= 0.6 is 11.3 Å². The van der Waals surface area contributed by atoms with E-state index in [2.05, 4.69) is 67.4 Å². The Hall–Kier alpha value is -2.73. The van der Waals surface area contributed by atoms with Gasteiger partial charge in [-0.15, -0.1) is 10.2 Å². The van der Waals surface area contributed by atoms with Gasteiger partial charge in [-0.3, -0.25) is 0 Å². The lowest BCUT2D eigenvalue weighted by Gasteiger charge is -2.18. The third-order valence-electron chi connectivity index (χ3n) is 4.56. The fourth-order valence-electron chi connectivity index (χ4n) is 2.95. The van der Waals surface area contributed by atoms with E-state index in [1.165, 1.54) is 11.1 Å². The first kappa shape index (κ1) is 17.7. The zero-order valence-electron chi connectivity index (χ0n) is 15.9. The van der Waals surface area contributed by atoms with Gasteiger partial charge in [0.1, 0.15) is 10.8 Å². The number of nitrogens with zero attached hydrogens (tertiary/aromatic N) is 4. The van der Waals surface area contributed by atoms with Gasteiger partial charge in [0.2, 0.25) is 4.96 Å². The van der Waals surface area contributed by atoms with Crippen molar-refractivity contribution in [2.45, 2.75) is 32.6 Å². The molecule has 0 N–H and O–H groups in total. The summed E-state index contributed by atoms with van der Waals surface area (Å²) in [5.41, 5.74) is 3.64. The van der Waals surface area contributed by atoms with Gasteiger partial charge in [-0.2, -0.15) is 9.61 Å². The fourth-order valence-corrected chi connectivity index (χ4v) is 3.81. The highest BCUT2D eigenvalue weighted by atomic mass is 32.1. The van der Waals surface area contributed by atoms with Gasteiger partial charge in [-0.05, 0) is 28.7 Å². The topological polar surface area (TPSA) is 52.3 Å². The Kier molecular flexibility index (Phi) is 4.44. The second-order valence-electron chi connectivity index (χ2n) is 7.57. The molecule has 0 spiro atoms. The molecule has 6 heteroatoms. The smallest absolute Gasteiger partial charge is 0.234 e. The molecule has 4 rings (SSSR count). The van der Waals surface area contributed by atoms with Crippen molar-refractivity contribution in [3.8, 4) is 17.1 Å². The van der Waals surface area contributed by atoms with Crippen molar-refractivity contribution < 1.29 is 4.74 Å². The van der Waals surface area contributed by atoms with Gasteiger partial charge >= 0.3 is 0 Å². The van der Waals surface area contributed by atoms with E-state index in [1.807, 2.05) is 16.6 Å². The van der Waals surface area contributed by atoms with Gasteiger partial charge in [0.15, 0.2) is 5.82 Å². The number of ether oxygens (including phenoxy) is 1. The summed E-state index contributed by atoms with van der Waals surface area (Å²) < 4.78 is 7.06. The highest BCUT2D eigenvalue weighted by molar-refractivity contribution is 7.16. The molecular formula is C21H22N4OS. The monoisotopic (exact) mass is 378 g/mol. The molecule has 0 amide bonds. The van der Waals surface area contributed by atoms with Gasteiger partial charge in [-0.1, -0.05) is 68.5 Å². The van der Waals surface area contributed by atoms with Crippen LogP contribution in [0.4, 0.5) is 0 Å². The molecule has 0 aliphatic carbocycles. The molecule has 138 valence electrons. The molecule has 0 aliphatic rings. The van der Waals surface area contributed by atoms with Crippen LogP contribution in [-0.2, 0) is 11.8 Å². The van der Waals surface area contributed by atoms with Crippen LogP contribution < -0.4 is 4.74 Å². The normalized spacial score (nSPS) is 11.9. The van der Waals surface area contributed by atoms with Gasteiger partial charge in [0, 0.05) is 12.0 Å². The lowest BCUT2D eigenvalue weighted by atomic mass is 9.87. The van der Waals surface area contributed by atoms with E-state index in [-0.39, 0.29) is 5.41 Å². The molecule has 2 heterocycles. The molecule has 4 aromatic rings. The summed E-state index contributed by atoms with van der Waals surface area (Å²) in [6.45, 7) is 6.63. The quantitative estimate of drug-likeness (QED) is 0.514. The summed E-state index contributed by atoms with van der Waals surface area (Å²) in [5, 5.41) is 14.4. The Bertz CT molecular complexity index is 1060. The van der Waals surface area contributed by atoms with E-state index in [0.717, 1.165) is 33.5 Å². The van der Waals surface area contributed by atoms with Crippen molar-refractivity contribution in [3.05, 3.63) is 64.7 Å². The van der Waals surface area contributed by atoms with Crippen molar-refractivity contribution >= 4 is 16.3 Å². The molecule has 0 saturated heterocycles. The minimum atomic E-state index is 0.130. The van der Waals surface area contributed by atoms with Crippen LogP contribution in [-0.4, -0.2) is 26.9 Å². The molecule has 0 unspecified atom stereocenters. The molecule has 2 aromatic heterocycles. The molecule has 2 aromatic carbocycles. The minimum Gasteiger partial charge on any atom is -0.497 e. The predicted octanol–water partition coefficient (Wildman–Crippen LogP) is 4.75. The molecule has 27 heavy (non-hydrogen) atoms. The maximum atomic E-state index is 5.21. The van der Waals surface area contributed by atoms with Crippen LogP contribution in [0.2, 0.25) is 0 Å². The maximum absolute atomic E-state index is 5.21. The lowest BCUT2D eigenvalue weighted by Crippen LogP contribution is -2.10. The van der Waals surface area contributed by atoms with Gasteiger partial charge < -0.3 is 4.74 Å². The van der Waals surface area contributed by atoms with Crippen molar-refractivity contribution in [3.63, 3.8) is 0 Å². The third kappa shape index (κ3) is 3.57.